The molecule has 0 aliphatic carbocycles. The fourth-order valence-corrected chi connectivity index (χ4v) is 3.30. The van der Waals surface area contributed by atoms with Gasteiger partial charge in [-0.1, -0.05) is 18.2 Å². The summed E-state index contributed by atoms with van der Waals surface area (Å²) < 4.78 is 13.6. The van der Waals surface area contributed by atoms with Gasteiger partial charge in [-0.15, -0.1) is 0 Å². The molecule has 2 aromatic rings. The van der Waals surface area contributed by atoms with Crippen LogP contribution in [-0.4, -0.2) is 38.5 Å². The van der Waals surface area contributed by atoms with E-state index in [1.54, 1.807) is 0 Å². The zero-order chi connectivity index (χ0) is 21.1. The SMILES string of the molecule is O=C(CN1C(=O)SC(=Cc2ccc(O)c([N+](=O)[O-])c2)C1=O)Nc1ccccc1F. The lowest BCUT2D eigenvalue weighted by molar-refractivity contribution is -0.385. The largest absolute Gasteiger partial charge is 0.502 e. The molecule has 9 nitrogen and oxygen atoms in total. The zero-order valence-corrected chi connectivity index (χ0v) is 15.3. The number of phenolic OH excluding ortho intramolecular Hbond substituents is 1. The number of hydrogen-bond acceptors (Lipinski definition) is 7. The molecule has 2 N–H and O–H groups in total. The predicted molar refractivity (Wildman–Crippen MR) is 102 cm³/mol. The minimum absolute atomic E-state index is 0.0475. The molecule has 0 saturated carbocycles. The molecule has 0 atom stereocenters. The third kappa shape index (κ3) is 4.41. The van der Waals surface area contributed by atoms with Crippen molar-refractivity contribution in [3.05, 3.63) is 68.9 Å². The molecule has 29 heavy (non-hydrogen) atoms. The maximum atomic E-state index is 13.6. The van der Waals surface area contributed by atoms with Crippen molar-refractivity contribution in [1.82, 2.24) is 4.90 Å². The van der Waals surface area contributed by atoms with Crippen molar-refractivity contribution in [2.24, 2.45) is 0 Å². The number of nitro benzene ring substituents is 1. The third-order valence-electron chi connectivity index (χ3n) is 3.82. The number of thioether (sulfide) groups is 1. The number of para-hydroxylation sites is 1. The Morgan fingerprint density at radius 2 is 2.00 bits per heavy atom. The highest BCUT2D eigenvalue weighted by molar-refractivity contribution is 8.18. The highest BCUT2D eigenvalue weighted by atomic mass is 32.2. The third-order valence-corrected chi connectivity index (χ3v) is 4.72. The molecule has 148 valence electrons. The van der Waals surface area contributed by atoms with Crippen LogP contribution in [0.1, 0.15) is 5.56 Å². The van der Waals surface area contributed by atoms with Crippen molar-refractivity contribution < 1.29 is 28.8 Å². The van der Waals surface area contributed by atoms with Crippen LogP contribution in [0, 0.1) is 15.9 Å². The van der Waals surface area contributed by atoms with E-state index in [1.807, 2.05) is 0 Å². The fourth-order valence-electron chi connectivity index (χ4n) is 2.46. The Labute approximate surface area is 167 Å². The van der Waals surface area contributed by atoms with E-state index in [1.165, 1.54) is 30.3 Å². The molecule has 1 fully saturated rings. The Balaban J connectivity index is 1.75. The summed E-state index contributed by atoms with van der Waals surface area (Å²) in [5.41, 5.74) is -0.422. The van der Waals surface area contributed by atoms with Gasteiger partial charge in [0.05, 0.1) is 15.5 Å². The number of aromatic hydroxyl groups is 1. The summed E-state index contributed by atoms with van der Waals surface area (Å²) in [5.74, 6) is -2.73. The number of nitrogens with one attached hydrogen (secondary N) is 1. The minimum atomic E-state index is -0.786. The second-order valence-electron chi connectivity index (χ2n) is 5.80. The predicted octanol–water partition coefficient (Wildman–Crippen LogP) is 3.11. The van der Waals surface area contributed by atoms with Gasteiger partial charge in [0.15, 0.2) is 5.75 Å². The molecule has 0 spiro atoms. The summed E-state index contributed by atoms with van der Waals surface area (Å²) in [6.45, 7) is -0.619. The Hall–Kier alpha value is -3.73. The van der Waals surface area contributed by atoms with Gasteiger partial charge in [0.25, 0.3) is 11.1 Å². The van der Waals surface area contributed by atoms with Gasteiger partial charge in [-0.05, 0) is 41.6 Å². The number of hydrogen-bond donors (Lipinski definition) is 2. The summed E-state index contributed by atoms with van der Waals surface area (Å²) in [6, 6.07) is 8.91. The molecule has 0 aromatic heterocycles. The standard InChI is InChI=1S/C18H12FN3O6S/c19-11-3-1-2-4-12(11)20-16(24)9-21-17(25)15(29-18(21)26)8-10-5-6-14(23)13(7-10)22(27)28/h1-8,23H,9H2,(H,20,24). The van der Waals surface area contributed by atoms with E-state index >= 15 is 0 Å². The first-order valence-corrected chi connectivity index (χ1v) is 8.85. The van der Waals surface area contributed by atoms with E-state index < -0.39 is 45.8 Å². The molecule has 0 unspecified atom stereocenters. The molecular weight excluding hydrogens is 405 g/mol. The van der Waals surface area contributed by atoms with Crippen LogP contribution in [0.25, 0.3) is 6.08 Å². The van der Waals surface area contributed by atoms with Crippen LogP contribution in [0.3, 0.4) is 0 Å². The molecule has 3 rings (SSSR count). The van der Waals surface area contributed by atoms with Crippen LogP contribution in [0.5, 0.6) is 5.75 Å². The van der Waals surface area contributed by atoms with Gasteiger partial charge in [-0.3, -0.25) is 29.4 Å². The van der Waals surface area contributed by atoms with Crippen molar-refractivity contribution in [2.45, 2.75) is 0 Å². The van der Waals surface area contributed by atoms with Crippen LogP contribution in [0.4, 0.5) is 20.6 Å². The summed E-state index contributed by atoms with van der Waals surface area (Å²) in [6.07, 6.45) is 1.24. The van der Waals surface area contributed by atoms with Crippen molar-refractivity contribution in [3.63, 3.8) is 0 Å². The molecule has 0 radical (unpaired) electrons. The summed E-state index contributed by atoms with van der Waals surface area (Å²) in [4.78, 5) is 47.4. The topological polar surface area (TPSA) is 130 Å². The molecule has 1 aliphatic heterocycles. The average molecular weight is 417 g/mol. The van der Waals surface area contributed by atoms with Gasteiger partial charge in [0.1, 0.15) is 12.4 Å². The van der Waals surface area contributed by atoms with Crippen molar-refractivity contribution in [3.8, 4) is 5.75 Å². The number of carbonyl (C=O) groups is 3. The van der Waals surface area contributed by atoms with Crippen LogP contribution in [0.2, 0.25) is 0 Å². The van der Waals surface area contributed by atoms with E-state index in [0.717, 1.165) is 18.2 Å². The molecule has 1 heterocycles. The lowest BCUT2D eigenvalue weighted by Crippen LogP contribution is -2.36. The van der Waals surface area contributed by atoms with E-state index in [0.29, 0.717) is 16.7 Å². The van der Waals surface area contributed by atoms with Crippen LogP contribution >= 0.6 is 11.8 Å². The first kappa shape index (κ1) is 20.0. The number of nitrogens with zero attached hydrogens (tertiary/aromatic N) is 2. The molecular formula is C18H12FN3O6S. The van der Waals surface area contributed by atoms with Crippen molar-refractivity contribution >= 4 is 46.3 Å². The van der Waals surface area contributed by atoms with Crippen LogP contribution in [-0.2, 0) is 9.59 Å². The van der Waals surface area contributed by atoms with Crippen molar-refractivity contribution in [1.29, 1.82) is 0 Å². The quantitative estimate of drug-likeness (QED) is 0.434. The molecule has 2 aromatic carbocycles. The number of anilines is 1. The number of benzene rings is 2. The average Bonchev–Trinajstić information content (AvgIpc) is 2.92. The number of imide groups is 1. The van der Waals surface area contributed by atoms with Crippen molar-refractivity contribution in [2.75, 3.05) is 11.9 Å². The minimum Gasteiger partial charge on any atom is -0.502 e. The van der Waals surface area contributed by atoms with E-state index in [2.05, 4.69) is 5.32 Å². The number of carbonyl (C=O) groups excluding carboxylic acids is 3. The van der Waals surface area contributed by atoms with Crippen LogP contribution < -0.4 is 5.32 Å². The summed E-state index contributed by atoms with van der Waals surface area (Å²) >= 11 is 0.559. The maximum Gasteiger partial charge on any atom is 0.311 e. The molecule has 1 saturated heterocycles. The maximum absolute atomic E-state index is 13.6. The van der Waals surface area contributed by atoms with Gasteiger partial charge in [0, 0.05) is 6.07 Å². The Bertz CT molecular complexity index is 1070. The number of nitro groups is 1. The van der Waals surface area contributed by atoms with Gasteiger partial charge in [0.2, 0.25) is 5.91 Å². The van der Waals surface area contributed by atoms with Crippen LogP contribution in [0.15, 0.2) is 47.4 Å². The molecule has 3 amide bonds. The molecule has 1 aliphatic rings. The Kier molecular flexibility index (Phi) is 5.59. The second kappa shape index (κ2) is 8.10. The van der Waals surface area contributed by atoms with Gasteiger partial charge < -0.3 is 10.4 Å². The van der Waals surface area contributed by atoms with Gasteiger partial charge in [-0.25, -0.2) is 4.39 Å². The first-order chi connectivity index (χ1) is 13.8. The molecule has 11 heteroatoms. The zero-order valence-electron chi connectivity index (χ0n) is 14.5. The lowest BCUT2D eigenvalue weighted by Gasteiger charge is -2.12. The van der Waals surface area contributed by atoms with E-state index in [-0.39, 0.29) is 16.2 Å². The van der Waals surface area contributed by atoms with E-state index in [9.17, 15) is 34.0 Å². The number of amides is 3. The number of rotatable bonds is 5. The highest BCUT2D eigenvalue weighted by Crippen LogP contribution is 2.34. The second-order valence-corrected chi connectivity index (χ2v) is 6.79. The fraction of sp³-hybridized carbons (Fsp3) is 0.0556. The number of halogens is 1. The Morgan fingerprint density at radius 1 is 1.28 bits per heavy atom. The smallest absolute Gasteiger partial charge is 0.311 e. The molecule has 0 bridgehead atoms. The Morgan fingerprint density at radius 3 is 2.69 bits per heavy atom. The summed E-state index contributed by atoms with van der Waals surface area (Å²) in [7, 11) is 0. The normalized spacial score (nSPS) is 15.1. The van der Waals surface area contributed by atoms with Gasteiger partial charge in [-0.2, -0.15) is 0 Å². The highest BCUT2D eigenvalue weighted by Gasteiger charge is 2.36. The lowest BCUT2D eigenvalue weighted by atomic mass is 10.1. The van der Waals surface area contributed by atoms with Gasteiger partial charge >= 0.3 is 5.69 Å². The number of phenols is 1. The monoisotopic (exact) mass is 417 g/mol. The summed E-state index contributed by atoms with van der Waals surface area (Å²) in [5, 5.41) is 21.9. The first-order valence-electron chi connectivity index (χ1n) is 8.03. The van der Waals surface area contributed by atoms with E-state index in [4.69, 9.17) is 0 Å².